The van der Waals surface area contributed by atoms with Gasteiger partial charge in [0.1, 0.15) is 5.52 Å². The summed E-state index contributed by atoms with van der Waals surface area (Å²) in [6.45, 7) is 11.0. The van der Waals surface area contributed by atoms with E-state index in [1.54, 1.807) is 11.8 Å². The Balaban J connectivity index is 1.18. The third-order valence-electron chi connectivity index (χ3n) is 5.53. The second kappa shape index (κ2) is 9.80. The van der Waals surface area contributed by atoms with Crippen LogP contribution in [0.15, 0.2) is 40.0 Å². The van der Waals surface area contributed by atoms with E-state index in [0.717, 1.165) is 77.4 Å². The summed E-state index contributed by atoms with van der Waals surface area (Å²) in [5.74, 6) is 0.962. The predicted octanol–water partition coefficient (Wildman–Crippen LogP) is 3.50. The maximum atomic E-state index is 12.5. The third-order valence-corrected chi connectivity index (χ3v) is 6.34. The van der Waals surface area contributed by atoms with E-state index in [1.807, 2.05) is 51.1 Å². The van der Waals surface area contributed by atoms with Crippen LogP contribution in [0.25, 0.3) is 11.1 Å². The highest BCUT2D eigenvalue weighted by Gasteiger charge is 2.20. The monoisotopic (exact) mass is 439 g/mol. The van der Waals surface area contributed by atoms with Crippen LogP contribution in [0.1, 0.15) is 17.0 Å². The van der Waals surface area contributed by atoms with Crippen LogP contribution in [0, 0.1) is 20.8 Å². The SMILES string of the molecule is Cc1cc(C)c(NC(=O)CN2CCN(CCSc3nc4ccccc4o3)CC2)c(C)n1. The van der Waals surface area contributed by atoms with Crippen molar-refractivity contribution in [1.82, 2.24) is 19.8 Å². The zero-order valence-corrected chi connectivity index (χ0v) is 19.2. The summed E-state index contributed by atoms with van der Waals surface area (Å²) < 4.78 is 5.77. The quantitative estimate of drug-likeness (QED) is 0.565. The Bertz CT molecular complexity index is 1000. The minimum Gasteiger partial charge on any atom is -0.431 e. The zero-order valence-electron chi connectivity index (χ0n) is 18.4. The standard InChI is InChI=1S/C23H29N5O2S/c1-16-14-17(2)24-18(3)22(16)26-21(29)15-28-10-8-27(9-11-28)12-13-31-23-25-19-6-4-5-7-20(19)30-23/h4-7,14H,8-13,15H2,1-3H3,(H,26,29). The summed E-state index contributed by atoms with van der Waals surface area (Å²) in [5.41, 5.74) is 5.47. The number of amides is 1. The number of fused-ring (bicyclic) bond motifs is 1. The number of aromatic nitrogens is 2. The summed E-state index contributed by atoms with van der Waals surface area (Å²) >= 11 is 1.65. The molecule has 0 atom stereocenters. The molecule has 8 heteroatoms. The van der Waals surface area contributed by atoms with E-state index in [1.165, 1.54) is 0 Å². The highest BCUT2D eigenvalue weighted by atomic mass is 32.2. The number of pyridine rings is 1. The third kappa shape index (κ3) is 5.64. The Morgan fingerprint density at radius 2 is 1.84 bits per heavy atom. The Kier molecular flexibility index (Phi) is 6.89. The molecule has 2 aromatic heterocycles. The highest BCUT2D eigenvalue weighted by Crippen LogP contribution is 2.23. The van der Waals surface area contributed by atoms with Crippen LogP contribution >= 0.6 is 11.8 Å². The first-order valence-electron chi connectivity index (χ1n) is 10.7. The number of aryl methyl sites for hydroxylation is 3. The lowest BCUT2D eigenvalue weighted by molar-refractivity contribution is -0.117. The van der Waals surface area contributed by atoms with Crippen molar-refractivity contribution in [1.29, 1.82) is 0 Å². The molecule has 164 valence electrons. The van der Waals surface area contributed by atoms with E-state index in [2.05, 4.69) is 25.1 Å². The number of rotatable bonds is 7. The summed E-state index contributed by atoms with van der Waals surface area (Å²) in [5, 5.41) is 3.78. The normalized spacial score (nSPS) is 15.5. The molecule has 0 radical (unpaired) electrons. The number of carbonyl (C=O) groups is 1. The first kappa shape index (κ1) is 21.8. The van der Waals surface area contributed by atoms with Gasteiger partial charge in [0.2, 0.25) is 5.91 Å². The van der Waals surface area contributed by atoms with Crippen molar-refractivity contribution >= 4 is 34.5 Å². The number of hydrogen-bond donors (Lipinski definition) is 1. The molecule has 0 aliphatic carbocycles. The Hall–Kier alpha value is -2.42. The van der Waals surface area contributed by atoms with Gasteiger partial charge < -0.3 is 9.73 Å². The fourth-order valence-electron chi connectivity index (χ4n) is 3.94. The maximum Gasteiger partial charge on any atom is 0.256 e. The smallest absolute Gasteiger partial charge is 0.256 e. The number of anilines is 1. The Labute approximate surface area is 187 Å². The van der Waals surface area contributed by atoms with Gasteiger partial charge in [0.15, 0.2) is 5.58 Å². The number of hydrogen-bond acceptors (Lipinski definition) is 7. The van der Waals surface area contributed by atoms with Crippen LogP contribution in [0.2, 0.25) is 0 Å². The molecule has 0 spiro atoms. The molecule has 0 unspecified atom stereocenters. The molecule has 0 bridgehead atoms. The van der Waals surface area contributed by atoms with E-state index in [4.69, 9.17) is 4.42 Å². The number of oxazole rings is 1. The van der Waals surface area contributed by atoms with E-state index >= 15 is 0 Å². The molecule has 1 saturated heterocycles. The molecule has 0 saturated carbocycles. The fourth-order valence-corrected chi connectivity index (χ4v) is 4.78. The summed E-state index contributed by atoms with van der Waals surface area (Å²) in [6, 6.07) is 9.84. The average molecular weight is 440 g/mol. The van der Waals surface area contributed by atoms with Crippen molar-refractivity contribution in [2.75, 3.05) is 50.3 Å². The minimum absolute atomic E-state index is 0.0248. The number of carbonyl (C=O) groups excluding carboxylic acids is 1. The largest absolute Gasteiger partial charge is 0.431 e. The van der Waals surface area contributed by atoms with E-state index in [0.29, 0.717) is 6.54 Å². The molecule has 1 fully saturated rings. The van der Waals surface area contributed by atoms with Crippen molar-refractivity contribution in [2.24, 2.45) is 0 Å². The van der Waals surface area contributed by atoms with Gasteiger partial charge in [-0.2, -0.15) is 0 Å². The molecule has 3 aromatic rings. The van der Waals surface area contributed by atoms with Crippen LogP contribution in [0.3, 0.4) is 0 Å². The highest BCUT2D eigenvalue weighted by molar-refractivity contribution is 7.99. The first-order chi connectivity index (χ1) is 15.0. The van der Waals surface area contributed by atoms with Gasteiger partial charge in [-0.25, -0.2) is 4.98 Å². The van der Waals surface area contributed by atoms with Crippen LogP contribution in [0.4, 0.5) is 5.69 Å². The van der Waals surface area contributed by atoms with Crippen molar-refractivity contribution in [2.45, 2.75) is 26.0 Å². The number of benzene rings is 1. The number of nitrogens with one attached hydrogen (secondary N) is 1. The molecule has 7 nitrogen and oxygen atoms in total. The lowest BCUT2D eigenvalue weighted by atomic mass is 10.1. The average Bonchev–Trinajstić information content (AvgIpc) is 3.15. The molecule has 3 heterocycles. The summed E-state index contributed by atoms with van der Waals surface area (Å²) in [7, 11) is 0. The zero-order chi connectivity index (χ0) is 21.8. The molecule has 1 amide bonds. The fraction of sp³-hybridized carbons (Fsp3) is 0.435. The van der Waals surface area contributed by atoms with Gasteiger partial charge in [0.25, 0.3) is 5.22 Å². The maximum absolute atomic E-state index is 12.5. The number of nitrogens with zero attached hydrogens (tertiary/aromatic N) is 4. The Morgan fingerprint density at radius 3 is 2.58 bits per heavy atom. The second-order valence-corrected chi connectivity index (χ2v) is 9.05. The van der Waals surface area contributed by atoms with Crippen LogP contribution < -0.4 is 5.32 Å². The molecular formula is C23H29N5O2S. The van der Waals surface area contributed by atoms with Crippen molar-refractivity contribution in [3.63, 3.8) is 0 Å². The summed E-state index contributed by atoms with van der Waals surface area (Å²) in [6.07, 6.45) is 0. The van der Waals surface area contributed by atoms with Gasteiger partial charge in [-0.3, -0.25) is 19.6 Å². The van der Waals surface area contributed by atoms with Crippen LogP contribution in [0.5, 0.6) is 0 Å². The summed E-state index contributed by atoms with van der Waals surface area (Å²) in [4.78, 5) is 26.2. The topological polar surface area (TPSA) is 74.5 Å². The molecule has 1 aromatic carbocycles. The van der Waals surface area contributed by atoms with Gasteiger partial charge in [0.05, 0.1) is 17.9 Å². The van der Waals surface area contributed by atoms with Gasteiger partial charge in [0, 0.05) is 44.2 Å². The second-order valence-electron chi connectivity index (χ2n) is 8.00. The van der Waals surface area contributed by atoms with Crippen LogP contribution in [-0.2, 0) is 4.79 Å². The van der Waals surface area contributed by atoms with Crippen molar-refractivity contribution < 1.29 is 9.21 Å². The minimum atomic E-state index is 0.0248. The van der Waals surface area contributed by atoms with Gasteiger partial charge in [-0.05, 0) is 44.5 Å². The van der Waals surface area contributed by atoms with Gasteiger partial charge in [-0.1, -0.05) is 23.9 Å². The number of piperazine rings is 1. The van der Waals surface area contributed by atoms with Gasteiger partial charge >= 0.3 is 0 Å². The first-order valence-corrected chi connectivity index (χ1v) is 11.6. The van der Waals surface area contributed by atoms with Crippen molar-refractivity contribution in [3.8, 4) is 0 Å². The lowest BCUT2D eigenvalue weighted by Gasteiger charge is -2.34. The number of thioether (sulfide) groups is 1. The van der Waals surface area contributed by atoms with Crippen molar-refractivity contribution in [3.05, 3.63) is 47.3 Å². The Morgan fingerprint density at radius 1 is 1.10 bits per heavy atom. The lowest BCUT2D eigenvalue weighted by Crippen LogP contribution is -2.49. The predicted molar refractivity (Wildman–Crippen MR) is 125 cm³/mol. The van der Waals surface area contributed by atoms with Crippen LogP contribution in [-0.4, -0.2) is 70.7 Å². The molecule has 4 rings (SSSR count). The molecule has 31 heavy (non-hydrogen) atoms. The van der Waals surface area contributed by atoms with Gasteiger partial charge in [-0.15, -0.1) is 0 Å². The van der Waals surface area contributed by atoms with E-state index in [9.17, 15) is 4.79 Å². The van der Waals surface area contributed by atoms with E-state index in [-0.39, 0.29) is 5.91 Å². The molecular weight excluding hydrogens is 410 g/mol. The molecule has 1 aliphatic heterocycles. The number of para-hydroxylation sites is 2. The van der Waals surface area contributed by atoms with E-state index < -0.39 is 0 Å². The molecule has 1 N–H and O–H groups in total. The molecule has 1 aliphatic rings.